The SMILES string of the molecule is CC.CC.CC=NC(=C\CC)/C=C(\C)CCCC(C)CCCC(C)C=O.CCC. The molecule has 0 bridgehead atoms. The highest BCUT2D eigenvalue weighted by molar-refractivity contribution is 5.56. The zero-order valence-electron chi connectivity index (χ0n) is 22.0. The number of carbonyl (C=O) groups is 1. The van der Waals surface area contributed by atoms with Crippen molar-refractivity contribution in [3.8, 4) is 0 Å². The van der Waals surface area contributed by atoms with E-state index in [2.05, 4.69) is 51.8 Å². The number of carbonyl (C=O) groups excluding carboxylic acids is 1. The van der Waals surface area contributed by atoms with Gasteiger partial charge in [0, 0.05) is 12.1 Å². The summed E-state index contributed by atoms with van der Waals surface area (Å²) in [6, 6.07) is 0. The minimum absolute atomic E-state index is 0.222. The molecule has 0 aromatic carbocycles. The lowest BCUT2D eigenvalue weighted by Gasteiger charge is -2.12. The normalized spacial score (nSPS) is 13.2. The van der Waals surface area contributed by atoms with Gasteiger partial charge in [-0.05, 0) is 51.5 Å². The van der Waals surface area contributed by atoms with Crippen LogP contribution in [-0.2, 0) is 4.79 Å². The summed E-state index contributed by atoms with van der Waals surface area (Å²) in [6.07, 6.45) is 16.7. The highest BCUT2D eigenvalue weighted by atomic mass is 16.1. The first kappa shape index (κ1) is 35.3. The van der Waals surface area contributed by atoms with Crippen LogP contribution in [0.3, 0.4) is 0 Å². The van der Waals surface area contributed by atoms with E-state index >= 15 is 0 Å². The van der Waals surface area contributed by atoms with Gasteiger partial charge >= 0.3 is 0 Å². The molecule has 0 heterocycles. The molecule has 2 heteroatoms. The summed E-state index contributed by atoms with van der Waals surface area (Å²) in [5, 5.41) is 0. The number of aliphatic imine (C=N–C) groups is 1. The fourth-order valence-corrected chi connectivity index (χ4v) is 2.56. The molecule has 0 spiro atoms. The Bertz CT molecular complexity index is 393. The summed E-state index contributed by atoms with van der Waals surface area (Å²) in [5.74, 6) is 0.978. The molecule has 2 unspecified atom stereocenters. The second-order valence-corrected chi connectivity index (χ2v) is 7.16. The van der Waals surface area contributed by atoms with Gasteiger partial charge in [-0.3, -0.25) is 4.99 Å². The van der Waals surface area contributed by atoms with Gasteiger partial charge in [0.15, 0.2) is 0 Å². The Morgan fingerprint density at radius 3 is 1.90 bits per heavy atom. The maximum atomic E-state index is 10.6. The molecule has 0 fully saturated rings. The molecule has 2 atom stereocenters. The van der Waals surface area contributed by atoms with E-state index in [1.54, 1.807) is 0 Å². The van der Waals surface area contributed by atoms with Crippen molar-refractivity contribution in [3.05, 3.63) is 23.4 Å². The first-order valence-electron chi connectivity index (χ1n) is 12.3. The van der Waals surface area contributed by atoms with Crippen molar-refractivity contribution in [1.82, 2.24) is 0 Å². The Morgan fingerprint density at radius 2 is 1.45 bits per heavy atom. The zero-order valence-corrected chi connectivity index (χ0v) is 22.0. The zero-order chi connectivity index (χ0) is 23.5. The van der Waals surface area contributed by atoms with Crippen LogP contribution in [0.5, 0.6) is 0 Å². The molecule has 0 aliphatic carbocycles. The standard InChI is InChI=1S/C20H35NO.C3H8.2C2H6/c1-6-10-20(21-7-2)15-18(4)13-8-11-17(3)12-9-14-19(5)16-22;1-3-2;2*1-2/h7,10,15-17,19H,6,8-9,11-14H2,1-5H3;3H2,1-2H3;2*1-2H3/b18-15+,20-10-,21-7?;;;. The molecule has 0 aromatic heterocycles. The first-order valence-corrected chi connectivity index (χ1v) is 12.3. The molecule has 0 aliphatic heterocycles. The molecule has 0 aliphatic rings. The van der Waals surface area contributed by atoms with Crippen LogP contribution < -0.4 is 0 Å². The highest BCUT2D eigenvalue weighted by Crippen LogP contribution is 2.19. The van der Waals surface area contributed by atoms with Crippen LogP contribution >= 0.6 is 0 Å². The molecule has 174 valence electrons. The highest BCUT2D eigenvalue weighted by Gasteiger charge is 2.05. The Morgan fingerprint density at radius 1 is 0.931 bits per heavy atom. The predicted octanol–water partition coefficient (Wildman–Crippen LogP) is 9.60. The quantitative estimate of drug-likeness (QED) is 0.179. The van der Waals surface area contributed by atoms with Gasteiger partial charge in [-0.25, -0.2) is 0 Å². The average molecular weight is 410 g/mol. The van der Waals surface area contributed by atoms with Crippen LogP contribution in [0.4, 0.5) is 0 Å². The molecule has 0 radical (unpaired) electrons. The summed E-state index contributed by atoms with van der Waals surface area (Å²) in [6.45, 7) is 22.9. The van der Waals surface area contributed by atoms with Crippen LogP contribution in [0.25, 0.3) is 0 Å². The van der Waals surface area contributed by atoms with E-state index in [0.29, 0.717) is 0 Å². The molecule has 0 amide bonds. The number of rotatable bonds is 12. The fraction of sp³-hybridized carbons (Fsp3) is 0.778. The second-order valence-electron chi connectivity index (χ2n) is 7.16. The second kappa shape index (κ2) is 31.5. The van der Waals surface area contributed by atoms with E-state index in [-0.39, 0.29) is 5.92 Å². The van der Waals surface area contributed by atoms with E-state index in [4.69, 9.17) is 0 Å². The largest absolute Gasteiger partial charge is 0.303 e. The number of hydrogen-bond acceptors (Lipinski definition) is 2. The molecule has 0 aromatic rings. The van der Waals surface area contributed by atoms with E-state index in [0.717, 1.165) is 37.2 Å². The molecular formula is C27H55NO. The Hall–Kier alpha value is -1.18. The van der Waals surface area contributed by atoms with Gasteiger partial charge in [-0.15, -0.1) is 0 Å². The van der Waals surface area contributed by atoms with E-state index in [1.807, 2.05) is 47.8 Å². The van der Waals surface area contributed by atoms with Gasteiger partial charge in [0.25, 0.3) is 0 Å². The van der Waals surface area contributed by atoms with Crippen molar-refractivity contribution >= 4 is 12.5 Å². The summed E-state index contributed by atoms with van der Waals surface area (Å²) in [7, 11) is 0. The number of hydrogen-bond donors (Lipinski definition) is 0. The van der Waals surface area contributed by atoms with Crippen molar-refractivity contribution in [1.29, 1.82) is 0 Å². The summed E-state index contributed by atoms with van der Waals surface area (Å²) >= 11 is 0. The molecular weight excluding hydrogens is 354 g/mol. The van der Waals surface area contributed by atoms with Crippen molar-refractivity contribution in [2.75, 3.05) is 0 Å². The van der Waals surface area contributed by atoms with Gasteiger partial charge < -0.3 is 4.79 Å². The van der Waals surface area contributed by atoms with Gasteiger partial charge in [-0.2, -0.15) is 0 Å². The third-order valence-electron chi connectivity index (χ3n) is 3.94. The molecule has 29 heavy (non-hydrogen) atoms. The summed E-state index contributed by atoms with van der Waals surface area (Å²) in [5.41, 5.74) is 2.49. The van der Waals surface area contributed by atoms with Crippen LogP contribution in [-0.4, -0.2) is 12.5 Å². The molecule has 0 N–H and O–H groups in total. The summed E-state index contributed by atoms with van der Waals surface area (Å²) in [4.78, 5) is 15.0. The Kier molecular flexibility index (Phi) is 38.3. The van der Waals surface area contributed by atoms with E-state index < -0.39 is 0 Å². The van der Waals surface area contributed by atoms with Gasteiger partial charge in [0.1, 0.15) is 6.29 Å². The smallest absolute Gasteiger partial charge is 0.122 e. The van der Waals surface area contributed by atoms with Crippen molar-refractivity contribution < 1.29 is 4.79 Å². The Balaban J connectivity index is -0.000000394. The first-order chi connectivity index (χ1) is 13.9. The third kappa shape index (κ3) is 31.7. The lowest BCUT2D eigenvalue weighted by Crippen LogP contribution is -1.99. The maximum absolute atomic E-state index is 10.6. The van der Waals surface area contributed by atoms with Crippen molar-refractivity contribution in [2.24, 2.45) is 16.8 Å². The molecule has 2 nitrogen and oxygen atoms in total. The van der Waals surface area contributed by atoms with E-state index in [9.17, 15) is 4.79 Å². The van der Waals surface area contributed by atoms with Gasteiger partial charge in [0.05, 0.1) is 5.70 Å². The fourth-order valence-electron chi connectivity index (χ4n) is 2.56. The van der Waals surface area contributed by atoms with Crippen molar-refractivity contribution in [3.63, 3.8) is 0 Å². The third-order valence-corrected chi connectivity index (χ3v) is 3.94. The number of aldehydes is 1. The molecule has 0 rings (SSSR count). The lowest BCUT2D eigenvalue weighted by molar-refractivity contribution is -0.110. The topological polar surface area (TPSA) is 29.4 Å². The number of nitrogens with zero attached hydrogens (tertiary/aromatic N) is 1. The van der Waals surface area contributed by atoms with Crippen LogP contribution in [0.1, 0.15) is 128 Å². The minimum atomic E-state index is 0.222. The van der Waals surface area contributed by atoms with Crippen LogP contribution in [0, 0.1) is 11.8 Å². The molecule has 0 saturated carbocycles. The predicted molar refractivity (Wildman–Crippen MR) is 137 cm³/mol. The van der Waals surface area contributed by atoms with Crippen LogP contribution in [0.2, 0.25) is 0 Å². The number of allylic oxidation sites excluding steroid dienone is 3. The van der Waals surface area contributed by atoms with Crippen LogP contribution in [0.15, 0.2) is 28.4 Å². The Labute approximate surface area is 185 Å². The van der Waals surface area contributed by atoms with Gasteiger partial charge in [-0.1, -0.05) is 99.6 Å². The minimum Gasteiger partial charge on any atom is -0.303 e. The monoisotopic (exact) mass is 409 g/mol. The summed E-state index contributed by atoms with van der Waals surface area (Å²) < 4.78 is 0. The average Bonchev–Trinajstić information content (AvgIpc) is 2.72. The van der Waals surface area contributed by atoms with Gasteiger partial charge in [0.2, 0.25) is 0 Å². The van der Waals surface area contributed by atoms with Crippen molar-refractivity contribution in [2.45, 2.75) is 128 Å². The lowest BCUT2D eigenvalue weighted by atomic mass is 9.94. The van der Waals surface area contributed by atoms with E-state index in [1.165, 1.54) is 37.7 Å². The molecule has 0 saturated heterocycles. The maximum Gasteiger partial charge on any atom is 0.122 e.